The zero-order chi connectivity index (χ0) is 19.4. The van der Waals surface area contributed by atoms with E-state index in [0.29, 0.717) is 16.6 Å². The van der Waals surface area contributed by atoms with Crippen molar-refractivity contribution in [2.75, 3.05) is 11.4 Å². The zero-order valence-electron chi connectivity index (χ0n) is 14.9. The number of hydrogen-bond acceptors (Lipinski definition) is 3. The number of hydrogen-bond donors (Lipinski definition) is 2. The summed E-state index contributed by atoms with van der Waals surface area (Å²) in [5, 5.41) is 0. The number of amides is 3. The van der Waals surface area contributed by atoms with Gasteiger partial charge in [0.15, 0.2) is 0 Å². The molecule has 0 unspecified atom stereocenters. The highest BCUT2D eigenvalue weighted by Gasteiger charge is 2.35. The molecular formula is C20H20BrN3O3. The van der Waals surface area contributed by atoms with Gasteiger partial charge in [0.25, 0.3) is 5.91 Å². The van der Waals surface area contributed by atoms with E-state index in [1.807, 2.05) is 24.3 Å². The van der Waals surface area contributed by atoms with Gasteiger partial charge in [0, 0.05) is 23.1 Å². The molecule has 1 saturated heterocycles. The Hall–Kier alpha value is -2.67. The first kappa shape index (κ1) is 19.1. The van der Waals surface area contributed by atoms with E-state index in [9.17, 15) is 14.4 Å². The lowest BCUT2D eigenvalue weighted by atomic mass is 10.1. The molecule has 1 atom stereocenters. The molecule has 7 heteroatoms. The van der Waals surface area contributed by atoms with Crippen molar-refractivity contribution in [2.45, 2.75) is 19.8 Å². The molecule has 3 amide bonds. The van der Waals surface area contributed by atoms with E-state index in [1.54, 1.807) is 29.2 Å². The van der Waals surface area contributed by atoms with Crippen LogP contribution in [0.4, 0.5) is 5.69 Å². The maximum atomic E-state index is 12.4. The van der Waals surface area contributed by atoms with E-state index in [4.69, 9.17) is 0 Å². The Kier molecular flexibility index (Phi) is 5.91. The van der Waals surface area contributed by atoms with Crippen LogP contribution in [0.5, 0.6) is 0 Å². The first-order valence-corrected chi connectivity index (χ1v) is 9.53. The van der Waals surface area contributed by atoms with Crippen LogP contribution >= 0.6 is 15.9 Å². The van der Waals surface area contributed by atoms with Crippen LogP contribution < -0.4 is 15.8 Å². The predicted octanol–water partition coefficient (Wildman–Crippen LogP) is 2.83. The molecule has 2 aromatic carbocycles. The number of carbonyl (C=O) groups excluding carboxylic acids is 3. The topological polar surface area (TPSA) is 78.5 Å². The highest BCUT2D eigenvalue weighted by molar-refractivity contribution is 9.10. The number of carbonyl (C=O) groups is 3. The Morgan fingerprint density at radius 3 is 2.48 bits per heavy atom. The lowest BCUT2D eigenvalue weighted by molar-refractivity contribution is -0.126. The van der Waals surface area contributed by atoms with Crippen LogP contribution in [-0.4, -0.2) is 24.3 Å². The third-order valence-corrected chi connectivity index (χ3v) is 5.26. The Bertz CT molecular complexity index is 867. The second-order valence-electron chi connectivity index (χ2n) is 6.35. The number of nitrogens with zero attached hydrogens (tertiary/aromatic N) is 1. The van der Waals surface area contributed by atoms with Crippen molar-refractivity contribution in [2.24, 2.45) is 5.92 Å². The molecular weight excluding hydrogens is 410 g/mol. The Morgan fingerprint density at radius 2 is 1.81 bits per heavy atom. The molecule has 1 aliphatic rings. The number of rotatable bonds is 4. The van der Waals surface area contributed by atoms with Gasteiger partial charge >= 0.3 is 0 Å². The van der Waals surface area contributed by atoms with Crippen LogP contribution in [0.1, 0.15) is 29.3 Å². The largest absolute Gasteiger partial charge is 0.312 e. The second kappa shape index (κ2) is 8.35. The van der Waals surface area contributed by atoms with Gasteiger partial charge in [-0.15, -0.1) is 0 Å². The second-order valence-corrected chi connectivity index (χ2v) is 7.20. The van der Waals surface area contributed by atoms with Gasteiger partial charge in [0.05, 0.1) is 11.5 Å². The highest BCUT2D eigenvalue weighted by Crippen LogP contribution is 2.25. The third-order valence-electron chi connectivity index (χ3n) is 4.57. The SMILES string of the molecule is CCc1ccc(N2C[C@H](C(=O)NNC(=O)c3ccccc3Br)CC2=O)cc1. The van der Waals surface area contributed by atoms with Crippen molar-refractivity contribution in [1.29, 1.82) is 0 Å². The van der Waals surface area contributed by atoms with Gasteiger partial charge in [-0.05, 0) is 52.2 Å². The molecule has 140 valence electrons. The van der Waals surface area contributed by atoms with Crippen LogP contribution in [0.2, 0.25) is 0 Å². The Labute approximate surface area is 166 Å². The van der Waals surface area contributed by atoms with E-state index >= 15 is 0 Å². The van der Waals surface area contributed by atoms with Crippen molar-refractivity contribution in [3.63, 3.8) is 0 Å². The molecule has 0 radical (unpaired) electrons. The van der Waals surface area contributed by atoms with Gasteiger partial charge in [-0.25, -0.2) is 0 Å². The van der Waals surface area contributed by atoms with Gasteiger partial charge in [-0.2, -0.15) is 0 Å². The lowest BCUT2D eigenvalue weighted by Gasteiger charge is -2.17. The molecule has 1 fully saturated rings. The van der Waals surface area contributed by atoms with E-state index in [2.05, 4.69) is 33.7 Å². The maximum absolute atomic E-state index is 12.4. The van der Waals surface area contributed by atoms with E-state index in [1.165, 1.54) is 5.56 Å². The molecule has 0 aromatic heterocycles. The highest BCUT2D eigenvalue weighted by atomic mass is 79.9. The molecule has 27 heavy (non-hydrogen) atoms. The summed E-state index contributed by atoms with van der Waals surface area (Å²) >= 11 is 3.30. The summed E-state index contributed by atoms with van der Waals surface area (Å²) in [5.41, 5.74) is 7.21. The minimum absolute atomic E-state index is 0.100. The van der Waals surface area contributed by atoms with Gasteiger partial charge < -0.3 is 4.90 Å². The summed E-state index contributed by atoms with van der Waals surface area (Å²) in [6.45, 7) is 2.36. The van der Waals surface area contributed by atoms with Crippen LogP contribution in [0.15, 0.2) is 53.0 Å². The summed E-state index contributed by atoms with van der Waals surface area (Å²) < 4.78 is 0.634. The lowest BCUT2D eigenvalue weighted by Crippen LogP contribution is -2.45. The van der Waals surface area contributed by atoms with Gasteiger partial charge in [0.2, 0.25) is 11.8 Å². The summed E-state index contributed by atoms with van der Waals surface area (Å²) in [7, 11) is 0. The van der Waals surface area contributed by atoms with Crippen LogP contribution in [0, 0.1) is 5.92 Å². The Morgan fingerprint density at radius 1 is 1.11 bits per heavy atom. The first-order valence-electron chi connectivity index (χ1n) is 8.73. The first-order chi connectivity index (χ1) is 13.0. The minimum Gasteiger partial charge on any atom is -0.312 e. The fourth-order valence-corrected chi connectivity index (χ4v) is 3.44. The number of hydrazine groups is 1. The zero-order valence-corrected chi connectivity index (χ0v) is 16.5. The maximum Gasteiger partial charge on any atom is 0.270 e. The van der Waals surface area contributed by atoms with E-state index in [-0.39, 0.29) is 18.2 Å². The number of halogens is 1. The summed E-state index contributed by atoms with van der Waals surface area (Å²) in [6, 6.07) is 14.7. The monoisotopic (exact) mass is 429 g/mol. The molecule has 0 aliphatic carbocycles. The smallest absolute Gasteiger partial charge is 0.270 e. The van der Waals surface area contributed by atoms with Crippen LogP contribution in [-0.2, 0) is 16.0 Å². The molecule has 1 aliphatic heterocycles. The van der Waals surface area contributed by atoms with Gasteiger partial charge in [-0.1, -0.05) is 31.2 Å². The molecule has 0 bridgehead atoms. The van der Waals surface area contributed by atoms with Gasteiger partial charge in [0.1, 0.15) is 0 Å². The van der Waals surface area contributed by atoms with Gasteiger partial charge in [-0.3, -0.25) is 25.2 Å². The van der Waals surface area contributed by atoms with Crippen LogP contribution in [0.25, 0.3) is 0 Å². The number of anilines is 1. The third kappa shape index (κ3) is 4.36. The fraction of sp³-hybridized carbons (Fsp3) is 0.250. The molecule has 2 N–H and O–H groups in total. The van der Waals surface area contributed by atoms with E-state index < -0.39 is 11.8 Å². The van der Waals surface area contributed by atoms with Crippen molar-refractivity contribution < 1.29 is 14.4 Å². The average molecular weight is 430 g/mol. The fourth-order valence-electron chi connectivity index (χ4n) is 2.98. The average Bonchev–Trinajstić information content (AvgIpc) is 3.08. The normalized spacial score (nSPS) is 16.3. The summed E-state index contributed by atoms with van der Waals surface area (Å²) in [6.07, 6.45) is 1.04. The van der Waals surface area contributed by atoms with Crippen molar-refractivity contribution >= 4 is 39.3 Å². The number of benzene rings is 2. The predicted molar refractivity (Wildman–Crippen MR) is 106 cm³/mol. The van der Waals surface area contributed by atoms with Crippen molar-refractivity contribution in [3.8, 4) is 0 Å². The van der Waals surface area contributed by atoms with Crippen molar-refractivity contribution in [1.82, 2.24) is 10.9 Å². The molecule has 0 saturated carbocycles. The molecule has 1 heterocycles. The minimum atomic E-state index is -0.511. The molecule has 3 rings (SSSR count). The standard InChI is InChI=1S/C20H20BrN3O3/c1-2-13-7-9-15(10-8-13)24-12-14(11-18(24)25)19(26)22-23-20(27)16-5-3-4-6-17(16)21/h3-10,14H,2,11-12H2,1H3,(H,22,26)(H,23,27)/t14-/m1/s1. The van der Waals surface area contributed by atoms with Crippen LogP contribution in [0.3, 0.4) is 0 Å². The quantitative estimate of drug-likeness (QED) is 0.733. The molecule has 0 spiro atoms. The Balaban J connectivity index is 1.58. The molecule has 6 nitrogen and oxygen atoms in total. The summed E-state index contributed by atoms with van der Waals surface area (Å²) in [4.78, 5) is 38.4. The summed E-state index contributed by atoms with van der Waals surface area (Å²) in [5.74, 6) is -1.41. The number of aryl methyl sites for hydroxylation is 1. The van der Waals surface area contributed by atoms with E-state index in [0.717, 1.165) is 12.1 Å². The molecule has 2 aromatic rings. The number of nitrogens with one attached hydrogen (secondary N) is 2. The van der Waals surface area contributed by atoms with Crippen molar-refractivity contribution in [3.05, 3.63) is 64.1 Å².